The number of benzene rings is 1. The van der Waals surface area contributed by atoms with E-state index in [1.165, 1.54) is 4.57 Å². The molecule has 3 aromatic rings. The molecular formula is C25H25ClN6O2. The highest BCUT2D eigenvalue weighted by Gasteiger charge is 2.46. The molecule has 0 radical (unpaired) electrons. The minimum absolute atomic E-state index is 0.115. The molecule has 5 rings (SSSR count). The molecule has 0 spiro atoms. The van der Waals surface area contributed by atoms with Crippen LogP contribution in [0.1, 0.15) is 30.0 Å². The molecule has 0 bridgehead atoms. The van der Waals surface area contributed by atoms with Crippen molar-refractivity contribution in [3.8, 4) is 0 Å². The predicted octanol–water partition coefficient (Wildman–Crippen LogP) is 3.56. The number of amides is 1. The van der Waals surface area contributed by atoms with E-state index in [0.717, 1.165) is 18.4 Å². The average molecular weight is 477 g/mol. The average Bonchev–Trinajstić information content (AvgIpc) is 3.52. The normalized spacial score (nSPS) is 20.9. The van der Waals surface area contributed by atoms with Crippen LogP contribution in [-0.4, -0.2) is 26.0 Å². The first kappa shape index (κ1) is 22.2. The van der Waals surface area contributed by atoms with Gasteiger partial charge in [0.15, 0.2) is 5.82 Å². The highest BCUT2D eigenvalue weighted by molar-refractivity contribution is 6.36. The molecule has 34 heavy (non-hydrogen) atoms. The van der Waals surface area contributed by atoms with E-state index in [-0.39, 0.29) is 17.4 Å². The maximum atomic E-state index is 14.0. The number of carbonyl (C=O) groups is 1. The van der Waals surface area contributed by atoms with Gasteiger partial charge in [-0.2, -0.15) is 5.10 Å². The van der Waals surface area contributed by atoms with Gasteiger partial charge in [-0.05, 0) is 49.4 Å². The minimum atomic E-state index is -0.552. The van der Waals surface area contributed by atoms with Gasteiger partial charge in [0.2, 0.25) is 0 Å². The summed E-state index contributed by atoms with van der Waals surface area (Å²) in [6, 6.07) is 10.3. The van der Waals surface area contributed by atoms with Crippen LogP contribution in [0, 0.1) is 12.8 Å². The number of halogens is 1. The van der Waals surface area contributed by atoms with Gasteiger partial charge in [0, 0.05) is 42.6 Å². The molecule has 1 unspecified atom stereocenters. The second kappa shape index (κ2) is 8.29. The molecule has 2 aliphatic rings. The molecule has 2 fully saturated rings. The number of hydrogen-bond donors (Lipinski definition) is 1. The summed E-state index contributed by atoms with van der Waals surface area (Å²) in [7, 11) is 3.48. The Bertz CT molecular complexity index is 1390. The highest BCUT2D eigenvalue weighted by atomic mass is 35.5. The van der Waals surface area contributed by atoms with Gasteiger partial charge in [0.25, 0.3) is 11.5 Å². The van der Waals surface area contributed by atoms with Crippen LogP contribution in [0.5, 0.6) is 0 Å². The van der Waals surface area contributed by atoms with Crippen molar-refractivity contribution in [1.29, 1.82) is 0 Å². The molecule has 1 aliphatic carbocycles. The fourth-order valence-corrected chi connectivity index (χ4v) is 4.53. The van der Waals surface area contributed by atoms with E-state index in [0.29, 0.717) is 39.1 Å². The van der Waals surface area contributed by atoms with Crippen molar-refractivity contribution < 1.29 is 4.79 Å². The predicted molar refractivity (Wildman–Crippen MR) is 132 cm³/mol. The quantitative estimate of drug-likeness (QED) is 0.582. The summed E-state index contributed by atoms with van der Waals surface area (Å²) in [5.74, 6) is 0.549. The van der Waals surface area contributed by atoms with Gasteiger partial charge in [-0.3, -0.25) is 19.2 Å². The first-order chi connectivity index (χ1) is 16.3. The van der Waals surface area contributed by atoms with Crippen LogP contribution in [0.4, 0.5) is 11.5 Å². The Hall–Kier alpha value is -3.65. The van der Waals surface area contributed by atoms with Crippen molar-refractivity contribution in [3.63, 3.8) is 0 Å². The van der Waals surface area contributed by atoms with Crippen LogP contribution in [0.2, 0.25) is 5.02 Å². The molecule has 9 heteroatoms. The summed E-state index contributed by atoms with van der Waals surface area (Å²) < 4.78 is 3.14. The number of carbonyl (C=O) groups excluding carboxylic acids is 1. The zero-order chi connectivity index (χ0) is 24.1. The molecule has 8 nitrogen and oxygen atoms in total. The Labute approximate surface area is 202 Å². The second-order valence-electron chi connectivity index (χ2n) is 8.84. The molecule has 3 heterocycles. The van der Waals surface area contributed by atoms with Gasteiger partial charge < -0.3 is 10.3 Å². The van der Waals surface area contributed by atoms with Crippen LogP contribution >= 0.6 is 11.6 Å². The van der Waals surface area contributed by atoms with Crippen molar-refractivity contribution in [1.82, 2.24) is 14.3 Å². The maximum absolute atomic E-state index is 14.0. The Morgan fingerprint density at radius 3 is 2.44 bits per heavy atom. The zero-order valence-corrected chi connectivity index (χ0v) is 20.0. The van der Waals surface area contributed by atoms with E-state index < -0.39 is 6.04 Å². The fourth-order valence-electron chi connectivity index (χ4n) is 4.40. The third-order valence-electron chi connectivity index (χ3n) is 6.35. The third kappa shape index (κ3) is 3.74. The number of rotatable bonds is 4. The number of aryl methyl sites for hydroxylation is 3. The van der Waals surface area contributed by atoms with Crippen molar-refractivity contribution >= 4 is 34.7 Å². The van der Waals surface area contributed by atoms with Gasteiger partial charge in [0.1, 0.15) is 6.04 Å². The topological polar surface area (TPSA) is 98.5 Å². The molecule has 1 aliphatic heterocycles. The Morgan fingerprint density at radius 1 is 1.15 bits per heavy atom. The number of aliphatic imine (C=N–C) groups is 1. The summed E-state index contributed by atoms with van der Waals surface area (Å²) in [6.07, 6.45) is 5.24. The van der Waals surface area contributed by atoms with Crippen molar-refractivity contribution in [2.24, 2.45) is 30.7 Å². The Kier molecular flexibility index (Phi) is 5.40. The lowest BCUT2D eigenvalue weighted by molar-refractivity contribution is -0.114. The molecule has 174 valence electrons. The van der Waals surface area contributed by atoms with Gasteiger partial charge in [-0.1, -0.05) is 23.7 Å². The van der Waals surface area contributed by atoms with E-state index in [9.17, 15) is 9.59 Å². The van der Waals surface area contributed by atoms with Gasteiger partial charge in [-0.25, -0.2) is 4.99 Å². The molecule has 1 amide bonds. The molecule has 1 saturated carbocycles. The molecule has 1 saturated heterocycles. The minimum Gasteiger partial charge on any atom is -0.401 e. The van der Waals surface area contributed by atoms with Crippen molar-refractivity contribution in [2.75, 3.05) is 4.90 Å². The molecule has 1 atom stereocenters. The zero-order valence-electron chi connectivity index (χ0n) is 19.2. The first-order valence-electron chi connectivity index (χ1n) is 11.1. The third-order valence-corrected chi connectivity index (χ3v) is 6.61. The van der Waals surface area contributed by atoms with Gasteiger partial charge >= 0.3 is 0 Å². The standard InChI is InChI=1S/C25H25ClN6O2/c1-14-12-18(13-30(2)24(14)33)32-23(16-6-8-17(26)9-7-16)22(29-19-10-11-28-31(19)3)20(25(32)34)21(27)15-4-5-15/h6-13,15,23H,4-5,27H2,1-3H3. The lowest BCUT2D eigenvalue weighted by Gasteiger charge is -2.25. The summed E-state index contributed by atoms with van der Waals surface area (Å²) in [6.45, 7) is 1.74. The molecular weight excluding hydrogens is 452 g/mol. The molecule has 1 aromatic carbocycles. The highest BCUT2D eigenvalue weighted by Crippen LogP contribution is 2.44. The van der Waals surface area contributed by atoms with E-state index in [4.69, 9.17) is 22.3 Å². The van der Waals surface area contributed by atoms with Crippen molar-refractivity contribution in [2.45, 2.75) is 25.8 Å². The van der Waals surface area contributed by atoms with E-state index in [2.05, 4.69) is 5.10 Å². The summed E-state index contributed by atoms with van der Waals surface area (Å²) in [5, 5.41) is 4.82. The number of anilines is 1. The first-order valence-corrected chi connectivity index (χ1v) is 11.5. The van der Waals surface area contributed by atoms with Gasteiger partial charge in [-0.15, -0.1) is 0 Å². The SMILES string of the molecule is Cc1cc(N2C(=O)C(=C(N)C3CC3)C(=Nc3ccnn3C)C2c2ccc(Cl)cc2)cn(C)c1=O. The summed E-state index contributed by atoms with van der Waals surface area (Å²) in [5.41, 5.74) is 9.99. The summed E-state index contributed by atoms with van der Waals surface area (Å²) in [4.78, 5) is 33.0. The summed E-state index contributed by atoms with van der Waals surface area (Å²) >= 11 is 6.17. The maximum Gasteiger partial charge on any atom is 0.262 e. The number of pyridine rings is 1. The smallest absolute Gasteiger partial charge is 0.262 e. The van der Waals surface area contributed by atoms with Crippen LogP contribution in [0.25, 0.3) is 0 Å². The van der Waals surface area contributed by atoms with E-state index >= 15 is 0 Å². The molecule has 2 aromatic heterocycles. The number of nitrogens with zero attached hydrogens (tertiary/aromatic N) is 5. The number of hydrogen-bond acceptors (Lipinski definition) is 5. The monoisotopic (exact) mass is 476 g/mol. The van der Waals surface area contributed by atoms with Crippen LogP contribution in [0.15, 0.2) is 69.8 Å². The second-order valence-corrected chi connectivity index (χ2v) is 9.28. The number of allylic oxidation sites excluding steroid dienone is 1. The Balaban J connectivity index is 1.79. The van der Waals surface area contributed by atoms with Crippen LogP contribution in [0.3, 0.4) is 0 Å². The number of aromatic nitrogens is 3. The van der Waals surface area contributed by atoms with E-state index in [1.807, 2.05) is 12.1 Å². The fraction of sp³-hybridized carbons (Fsp3) is 0.280. The van der Waals surface area contributed by atoms with E-state index in [1.54, 1.807) is 67.3 Å². The van der Waals surface area contributed by atoms with Crippen molar-refractivity contribution in [3.05, 3.63) is 86.6 Å². The lowest BCUT2D eigenvalue weighted by atomic mass is 9.98. The van der Waals surface area contributed by atoms with Crippen LogP contribution in [-0.2, 0) is 18.9 Å². The van der Waals surface area contributed by atoms with Gasteiger partial charge in [0.05, 0.1) is 23.2 Å². The van der Waals surface area contributed by atoms with Crippen LogP contribution < -0.4 is 16.2 Å². The number of nitrogens with two attached hydrogens (primary N) is 1. The largest absolute Gasteiger partial charge is 0.401 e. The lowest BCUT2D eigenvalue weighted by Crippen LogP contribution is -2.31. The Morgan fingerprint density at radius 2 is 1.85 bits per heavy atom. The molecule has 2 N–H and O–H groups in total.